The number of benzene rings is 1. The highest BCUT2D eigenvalue weighted by molar-refractivity contribution is 5.84. The lowest BCUT2D eigenvalue weighted by atomic mass is 9.93. The largest absolute Gasteiger partial charge is 0.490 e. The lowest BCUT2D eigenvalue weighted by Crippen LogP contribution is -2.31. The predicted molar refractivity (Wildman–Crippen MR) is 76.3 cm³/mol. The van der Waals surface area contributed by atoms with Crippen molar-refractivity contribution in [3.8, 4) is 5.75 Å². The van der Waals surface area contributed by atoms with E-state index in [1.807, 2.05) is 17.9 Å². The molecular formula is C15H21N3O. The average molecular weight is 259 g/mol. The van der Waals surface area contributed by atoms with Crippen LogP contribution in [0.4, 0.5) is 0 Å². The third-order valence-corrected chi connectivity index (χ3v) is 4.16. The summed E-state index contributed by atoms with van der Waals surface area (Å²) in [5.41, 5.74) is 8.26. The minimum absolute atomic E-state index is 0.313. The van der Waals surface area contributed by atoms with Crippen LogP contribution in [-0.2, 0) is 7.05 Å². The van der Waals surface area contributed by atoms with Crippen LogP contribution in [0.5, 0.6) is 5.75 Å². The zero-order valence-corrected chi connectivity index (χ0v) is 11.6. The maximum absolute atomic E-state index is 6.16. The predicted octanol–water partition coefficient (Wildman–Crippen LogP) is 2.53. The molecule has 0 spiro atoms. The van der Waals surface area contributed by atoms with E-state index in [1.165, 1.54) is 10.9 Å². The minimum atomic E-state index is 0.313. The number of rotatable bonds is 2. The summed E-state index contributed by atoms with van der Waals surface area (Å²) >= 11 is 0. The molecule has 1 aliphatic carbocycles. The van der Waals surface area contributed by atoms with Crippen molar-refractivity contribution < 1.29 is 4.74 Å². The zero-order valence-electron chi connectivity index (χ0n) is 11.6. The highest BCUT2D eigenvalue weighted by Crippen LogP contribution is 2.30. The number of ether oxygens (including phenoxy) is 1. The Kier molecular flexibility index (Phi) is 3.19. The van der Waals surface area contributed by atoms with Crippen molar-refractivity contribution in [2.24, 2.45) is 12.8 Å². The van der Waals surface area contributed by atoms with Gasteiger partial charge in [0.2, 0.25) is 0 Å². The molecule has 19 heavy (non-hydrogen) atoms. The van der Waals surface area contributed by atoms with E-state index in [2.05, 4.69) is 24.2 Å². The molecule has 0 atom stereocenters. The highest BCUT2D eigenvalue weighted by Gasteiger charge is 2.20. The van der Waals surface area contributed by atoms with Crippen molar-refractivity contribution in [2.75, 3.05) is 0 Å². The van der Waals surface area contributed by atoms with Gasteiger partial charge in [0.05, 0.1) is 17.8 Å². The molecule has 0 radical (unpaired) electrons. The van der Waals surface area contributed by atoms with Crippen molar-refractivity contribution in [1.29, 1.82) is 0 Å². The second-order valence-corrected chi connectivity index (χ2v) is 5.54. The standard InChI is InChI=1S/C15H21N3O/c1-10-13-9-17-18(2)14(13)7-8-15(10)19-12-5-3-11(16)4-6-12/h7-9,11-12H,3-6,16H2,1-2H3/t11-,12+. The van der Waals surface area contributed by atoms with Crippen LogP contribution in [0.15, 0.2) is 18.3 Å². The van der Waals surface area contributed by atoms with Crippen molar-refractivity contribution in [2.45, 2.75) is 44.8 Å². The summed E-state index contributed by atoms with van der Waals surface area (Å²) in [6.45, 7) is 2.11. The maximum atomic E-state index is 6.16. The molecule has 4 heteroatoms. The molecule has 2 aromatic rings. The normalized spacial score (nSPS) is 23.7. The summed E-state index contributed by atoms with van der Waals surface area (Å²) in [6.07, 6.45) is 6.48. The van der Waals surface area contributed by atoms with Gasteiger partial charge in [0, 0.05) is 24.0 Å². The SMILES string of the molecule is Cc1c(O[C@H]2CC[C@@H](N)CC2)ccc2c1cnn2C. The Hall–Kier alpha value is -1.55. The van der Waals surface area contributed by atoms with Crippen molar-refractivity contribution in [3.63, 3.8) is 0 Å². The van der Waals surface area contributed by atoms with Gasteiger partial charge in [-0.25, -0.2) is 0 Å². The van der Waals surface area contributed by atoms with Gasteiger partial charge >= 0.3 is 0 Å². The Morgan fingerprint density at radius 3 is 2.74 bits per heavy atom. The van der Waals surface area contributed by atoms with Crippen LogP contribution in [0.25, 0.3) is 10.9 Å². The molecule has 0 amide bonds. The monoisotopic (exact) mass is 259 g/mol. The smallest absolute Gasteiger partial charge is 0.123 e. The second kappa shape index (κ2) is 4.85. The number of hydrogen-bond acceptors (Lipinski definition) is 3. The summed E-state index contributed by atoms with van der Waals surface area (Å²) < 4.78 is 8.05. The average Bonchev–Trinajstić information content (AvgIpc) is 2.78. The van der Waals surface area contributed by atoms with Crippen molar-refractivity contribution in [3.05, 3.63) is 23.9 Å². The van der Waals surface area contributed by atoms with E-state index in [-0.39, 0.29) is 0 Å². The third-order valence-electron chi connectivity index (χ3n) is 4.16. The van der Waals surface area contributed by atoms with Crippen molar-refractivity contribution in [1.82, 2.24) is 9.78 Å². The van der Waals surface area contributed by atoms with Gasteiger partial charge < -0.3 is 10.5 Å². The topological polar surface area (TPSA) is 53.1 Å². The minimum Gasteiger partial charge on any atom is -0.490 e. The molecule has 0 unspecified atom stereocenters. The van der Waals surface area contributed by atoms with Crippen LogP contribution in [0.1, 0.15) is 31.2 Å². The summed E-state index contributed by atoms with van der Waals surface area (Å²) in [7, 11) is 1.96. The molecule has 1 aromatic carbocycles. The first-order valence-corrected chi connectivity index (χ1v) is 6.98. The Balaban J connectivity index is 1.83. The van der Waals surface area contributed by atoms with E-state index in [9.17, 15) is 0 Å². The molecule has 0 saturated heterocycles. The quantitative estimate of drug-likeness (QED) is 0.901. The Morgan fingerprint density at radius 2 is 2.00 bits per heavy atom. The number of fused-ring (bicyclic) bond motifs is 1. The van der Waals surface area contributed by atoms with E-state index in [0.29, 0.717) is 12.1 Å². The van der Waals surface area contributed by atoms with Crippen LogP contribution < -0.4 is 10.5 Å². The molecule has 1 aromatic heterocycles. The van der Waals surface area contributed by atoms with Crippen molar-refractivity contribution >= 4 is 10.9 Å². The zero-order chi connectivity index (χ0) is 13.4. The van der Waals surface area contributed by atoms with Gasteiger partial charge in [0.15, 0.2) is 0 Å². The first-order valence-electron chi connectivity index (χ1n) is 6.98. The maximum Gasteiger partial charge on any atom is 0.123 e. The summed E-state index contributed by atoms with van der Waals surface area (Å²) in [6, 6.07) is 4.51. The molecule has 0 aliphatic heterocycles. The number of nitrogens with zero attached hydrogens (tertiary/aromatic N) is 2. The highest BCUT2D eigenvalue weighted by atomic mass is 16.5. The van der Waals surface area contributed by atoms with E-state index < -0.39 is 0 Å². The van der Waals surface area contributed by atoms with E-state index in [0.717, 1.165) is 36.9 Å². The molecule has 1 saturated carbocycles. The van der Waals surface area contributed by atoms with Gasteiger partial charge in [-0.15, -0.1) is 0 Å². The first-order chi connectivity index (χ1) is 9.15. The Labute approximate surface area is 113 Å². The second-order valence-electron chi connectivity index (χ2n) is 5.54. The number of nitrogens with two attached hydrogens (primary N) is 1. The molecule has 1 heterocycles. The number of aryl methyl sites for hydroxylation is 2. The lowest BCUT2D eigenvalue weighted by Gasteiger charge is -2.27. The Morgan fingerprint density at radius 1 is 1.26 bits per heavy atom. The molecule has 1 fully saturated rings. The van der Waals surface area contributed by atoms with Gasteiger partial charge in [-0.05, 0) is 44.7 Å². The fourth-order valence-corrected chi connectivity index (χ4v) is 2.86. The van der Waals surface area contributed by atoms with Gasteiger partial charge in [0.25, 0.3) is 0 Å². The van der Waals surface area contributed by atoms with Gasteiger partial charge in [-0.2, -0.15) is 5.10 Å². The lowest BCUT2D eigenvalue weighted by molar-refractivity contribution is 0.146. The molecule has 2 N–H and O–H groups in total. The van der Waals surface area contributed by atoms with Gasteiger partial charge in [0.1, 0.15) is 5.75 Å². The van der Waals surface area contributed by atoms with E-state index in [4.69, 9.17) is 10.5 Å². The van der Waals surface area contributed by atoms with Crippen LogP contribution in [-0.4, -0.2) is 21.9 Å². The third kappa shape index (κ3) is 2.32. The molecule has 3 rings (SSSR count). The number of hydrogen-bond donors (Lipinski definition) is 1. The van der Waals surface area contributed by atoms with Crippen LogP contribution >= 0.6 is 0 Å². The van der Waals surface area contributed by atoms with Crippen LogP contribution in [0.3, 0.4) is 0 Å². The summed E-state index contributed by atoms with van der Waals surface area (Å²) in [5.74, 6) is 0.987. The molecular weight excluding hydrogens is 238 g/mol. The molecule has 1 aliphatic rings. The number of aromatic nitrogens is 2. The van der Waals surface area contributed by atoms with Crippen LogP contribution in [0.2, 0.25) is 0 Å². The van der Waals surface area contributed by atoms with Crippen LogP contribution in [0, 0.1) is 6.92 Å². The first kappa shape index (κ1) is 12.5. The fourth-order valence-electron chi connectivity index (χ4n) is 2.86. The molecule has 102 valence electrons. The Bertz CT molecular complexity index is 582. The van der Waals surface area contributed by atoms with E-state index in [1.54, 1.807) is 0 Å². The van der Waals surface area contributed by atoms with Gasteiger partial charge in [-0.3, -0.25) is 4.68 Å². The molecule has 4 nitrogen and oxygen atoms in total. The fraction of sp³-hybridized carbons (Fsp3) is 0.533. The summed E-state index contributed by atoms with van der Waals surface area (Å²) in [5, 5.41) is 5.47. The molecule has 0 bridgehead atoms. The van der Waals surface area contributed by atoms with Gasteiger partial charge in [-0.1, -0.05) is 0 Å². The summed E-state index contributed by atoms with van der Waals surface area (Å²) in [4.78, 5) is 0. The van der Waals surface area contributed by atoms with E-state index >= 15 is 0 Å².